The van der Waals surface area contributed by atoms with Crippen LogP contribution in [0.25, 0.3) is 0 Å². The van der Waals surface area contributed by atoms with Gasteiger partial charge in [-0.15, -0.1) is 0 Å². The number of hydrogen-bond acceptors (Lipinski definition) is 8. The van der Waals surface area contributed by atoms with Crippen LogP contribution in [0, 0.1) is 0 Å². The SMILES string of the molecule is CCCCCCCCC=CCCCCCCCCCCCC(=O)O[C@H](COC(=O)CCCCCCCCCC=CCCCCCCCC)COP(=O)(O)OCCN. The lowest BCUT2D eigenvalue weighted by molar-refractivity contribution is -0.161. The van der Waals surface area contributed by atoms with Gasteiger partial charge in [-0.1, -0.05) is 179 Å². The van der Waals surface area contributed by atoms with Gasteiger partial charge in [0.15, 0.2) is 6.10 Å². The van der Waals surface area contributed by atoms with E-state index in [1.165, 1.54) is 148 Å². The minimum Gasteiger partial charge on any atom is -0.462 e. The van der Waals surface area contributed by atoms with E-state index in [1.807, 2.05) is 0 Å². The van der Waals surface area contributed by atoms with Crippen molar-refractivity contribution in [1.82, 2.24) is 0 Å². The maximum atomic E-state index is 12.6. The summed E-state index contributed by atoms with van der Waals surface area (Å²) < 4.78 is 32.9. The van der Waals surface area contributed by atoms with Crippen LogP contribution in [0.4, 0.5) is 0 Å². The number of rotatable bonds is 45. The van der Waals surface area contributed by atoms with E-state index in [0.29, 0.717) is 6.42 Å². The van der Waals surface area contributed by atoms with Gasteiger partial charge in [-0.3, -0.25) is 18.6 Å². The summed E-state index contributed by atoms with van der Waals surface area (Å²) in [6.45, 7) is 3.75. The highest BCUT2D eigenvalue weighted by atomic mass is 31.2. The van der Waals surface area contributed by atoms with Crippen molar-refractivity contribution in [3.63, 3.8) is 0 Å². The number of carbonyl (C=O) groups excluding carboxylic acids is 2. The fraction of sp³-hybridized carbons (Fsp3) is 0.872. The van der Waals surface area contributed by atoms with E-state index in [4.69, 9.17) is 24.3 Å². The van der Waals surface area contributed by atoms with Crippen molar-refractivity contribution in [2.45, 2.75) is 238 Å². The highest BCUT2D eigenvalue weighted by Gasteiger charge is 2.26. The van der Waals surface area contributed by atoms with Crippen LogP contribution in [0.1, 0.15) is 232 Å². The summed E-state index contributed by atoms with van der Waals surface area (Å²) in [7, 11) is -4.38. The number of allylic oxidation sites excluding steroid dienone is 4. The molecule has 0 aliphatic heterocycles. The molecule has 0 spiro atoms. The van der Waals surface area contributed by atoms with Gasteiger partial charge >= 0.3 is 19.8 Å². The van der Waals surface area contributed by atoms with Crippen molar-refractivity contribution < 1.29 is 37.6 Å². The average molecular weight is 828 g/mol. The summed E-state index contributed by atoms with van der Waals surface area (Å²) in [5.74, 6) is -0.827. The highest BCUT2D eigenvalue weighted by Crippen LogP contribution is 2.43. The molecule has 0 aliphatic rings. The maximum Gasteiger partial charge on any atom is 0.472 e. The molecule has 57 heavy (non-hydrogen) atoms. The number of carbonyl (C=O) groups is 2. The van der Waals surface area contributed by atoms with Gasteiger partial charge in [-0.2, -0.15) is 0 Å². The van der Waals surface area contributed by atoms with E-state index in [1.54, 1.807) is 0 Å². The molecular formula is C47H90NO8P. The minimum absolute atomic E-state index is 0.0538. The Morgan fingerprint density at radius 1 is 0.509 bits per heavy atom. The summed E-state index contributed by atoms with van der Waals surface area (Å²) in [5.41, 5.74) is 5.36. The minimum atomic E-state index is -4.38. The quantitative estimate of drug-likeness (QED) is 0.0266. The molecule has 0 aliphatic carbocycles. The first-order valence-corrected chi connectivity index (χ1v) is 25.3. The summed E-state index contributed by atoms with van der Waals surface area (Å²) >= 11 is 0. The first kappa shape index (κ1) is 55.5. The number of phosphoric acid groups is 1. The monoisotopic (exact) mass is 828 g/mol. The molecule has 0 heterocycles. The van der Waals surface area contributed by atoms with E-state index < -0.39 is 26.5 Å². The van der Waals surface area contributed by atoms with Crippen molar-refractivity contribution in [1.29, 1.82) is 0 Å². The van der Waals surface area contributed by atoms with E-state index in [0.717, 1.165) is 51.4 Å². The number of esters is 2. The summed E-state index contributed by atoms with van der Waals surface area (Å²) in [6.07, 6.45) is 47.8. The molecule has 0 aromatic carbocycles. The van der Waals surface area contributed by atoms with E-state index in [-0.39, 0.29) is 38.6 Å². The van der Waals surface area contributed by atoms with Crippen LogP contribution in [-0.2, 0) is 32.7 Å². The lowest BCUT2D eigenvalue weighted by Gasteiger charge is -2.19. The van der Waals surface area contributed by atoms with Gasteiger partial charge in [0.25, 0.3) is 0 Å². The zero-order chi connectivity index (χ0) is 41.8. The largest absolute Gasteiger partial charge is 0.472 e. The fourth-order valence-electron chi connectivity index (χ4n) is 6.74. The zero-order valence-corrected chi connectivity index (χ0v) is 38.0. The van der Waals surface area contributed by atoms with Crippen molar-refractivity contribution in [3.05, 3.63) is 24.3 Å². The lowest BCUT2D eigenvalue weighted by atomic mass is 10.1. The molecule has 0 bridgehead atoms. The van der Waals surface area contributed by atoms with Crippen LogP contribution in [0.5, 0.6) is 0 Å². The van der Waals surface area contributed by atoms with Gasteiger partial charge < -0.3 is 20.1 Å². The molecule has 0 rings (SSSR count). The third kappa shape index (κ3) is 43.9. The van der Waals surface area contributed by atoms with E-state index >= 15 is 0 Å². The van der Waals surface area contributed by atoms with Crippen molar-refractivity contribution in [3.8, 4) is 0 Å². The molecule has 0 saturated carbocycles. The number of ether oxygens (including phenoxy) is 2. The predicted molar refractivity (Wildman–Crippen MR) is 238 cm³/mol. The predicted octanol–water partition coefficient (Wildman–Crippen LogP) is 13.9. The standard InChI is InChI=1S/C47H90NO8P/c1-3-5-7-9-11-13-15-17-19-21-22-24-26-28-30-32-34-36-38-40-47(50)56-45(44-55-57(51,52)54-42-41-48)43-53-46(49)39-37-35-33-31-29-27-25-23-20-18-16-14-12-10-8-6-4-2/h17-20,45H,3-16,21-44,48H2,1-2H3,(H,51,52)/t45-/m1/s1. The van der Waals surface area contributed by atoms with Crippen LogP contribution >= 0.6 is 7.82 Å². The summed E-state index contributed by atoms with van der Waals surface area (Å²) in [5, 5.41) is 0. The normalized spacial score (nSPS) is 13.4. The molecule has 0 aromatic heterocycles. The Bertz CT molecular complexity index is 990. The first-order valence-electron chi connectivity index (χ1n) is 23.8. The second-order valence-electron chi connectivity index (χ2n) is 16.0. The summed E-state index contributed by atoms with van der Waals surface area (Å²) in [4.78, 5) is 35.0. The lowest BCUT2D eigenvalue weighted by Crippen LogP contribution is -2.29. The van der Waals surface area contributed by atoms with Crippen molar-refractivity contribution in [2.24, 2.45) is 5.73 Å². The molecule has 3 N–H and O–H groups in total. The van der Waals surface area contributed by atoms with E-state index in [2.05, 4.69) is 38.2 Å². The Hall–Kier alpha value is -1.51. The molecule has 336 valence electrons. The molecule has 0 radical (unpaired) electrons. The molecule has 9 nitrogen and oxygen atoms in total. The molecule has 0 fully saturated rings. The summed E-state index contributed by atoms with van der Waals surface area (Å²) in [6, 6.07) is 0. The van der Waals surface area contributed by atoms with Gasteiger partial charge in [0, 0.05) is 19.4 Å². The Labute approximate surface area is 351 Å². The van der Waals surface area contributed by atoms with Crippen LogP contribution in [-0.4, -0.2) is 49.3 Å². The van der Waals surface area contributed by atoms with Gasteiger partial charge in [-0.05, 0) is 64.2 Å². The topological polar surface area (TPSA) is 134 Å². The molecular weight excluding hydrogens is 737 g/mol. The fourth-order valence-corrected chi connectivity index (χ4v) is 7.51. The Morgan fingerprint density at radius 3 is 1.25 bits per heavy atom. The van der Waals surface area contributed by atoms with E-state index in [9.17, 15) is 19.0 Å². The molecule has 0 aromatic rings. The Balaban J connectivity index is 4.09. The van der Waals surface area contributed by atoms with Crippen molar-refractivity contribution in [2.75, 3.05) is 26.4 Å². The maximum absolute atomic E-state index is 12.6. The second kappa shape index (κ2) is 44.1. The third-order valence-electron chi connectivity index (χ3n) is 10.3. The number of nitrogens with two attached hydrogens (primary N) is 1. The molecule has 1 unspecified atom stereocenters. The van der Waals surface area contributed by atoms with Crippen LogP contribution in [0.15, 0.2) is 24.3 Å². The number of hydrogen-bond donors (Lipinski definition) is 2. The van der Waals surface area contributed by atoms with Crippen molar-refractivity contribution >= 4 is 19.8 Å². The molecule has 0 saturated heterocycles. The number of unbranched alkanes of at least 4 members (excludes halogenated alkanes) is 28. The van der Waals surface area contributed by atoms with Crippen LogP contribution < -0.4 is 5.73 Å². The van der Waals surface area contributed by atoms with Crippen LogP contribution in [0.2, 0.25) is 0 Å². The average Bonchev–Trinajstić information content (AvgIpc) is 3.20. The molecule has 0 amide bonds. The number of phosphoric ester groups is 1. The van der Waals surface area contributed by atoms with Gasteiger partial charge in [0.1, 0.15) is 6.61 Å². The second-order valence-corrected chi connectivity index (χ2v) is 17.4. The Kier molecular flexibility index (Phi) is 42.9. The Morgan fingerprint density at radius 2 is 0.860 bits per heavy atom. The molecule has 10 heteroatoms. The third-order valence-corrected chi connectivity index (χ3v) is 11.3. The van der Waals surface area contributed by atoms with Gasteiger partial charge in [0.05, 0.1) is 13.2 Å². The first-order chi connectivity index (χ1) is 27.8. The highest BCUT2D eigenvalue weighted by molar-refractivity contribution is 7.47. The smallest absolute Gasteiger partial charge is 0.462 e. The van der Waals surface area contributed by atoms with Crippen LogP contribution in [0.3, 0.4) is 0 Å². The molecule has 2 atom stereocenters. The van der Waals surface area contributed by atoms with Gasteiger partial charge in [0.2, 0.25) is 0 Å². The van der Waals surface area contributed by atoms with Gasteiger partial charge in [-0.25, -0.2) is 4.57 Å². The zero-order valence-electron chi connectivity index (χ0n) is 37.1.